The van der Waals surface area contributed by atoms with Crippen LogP contribution in [0.3, 0.4) is 0 Å². The van der Waals surface area contributed by atoms with E-state index < -0.39 is 5.97 Å². The number of esters is 1. The van der Waals surface area contributed by atoms with Gasteiger partial charge in [-0.15, -0.1) is 0 Å². The molecule has 0 radical (unpaired) electrons. The van der Waals surface area contributed by atoms with Crippen molar-refractivity contribution in [3.63, 3.8) is 0 Å². The van der Waals surface area contributed by atoms with E-state index in [-0.39, 0.29) is 0 Å². The van der Waals surface area contributed by atoms with Gasteiger partial charge >= 0.3 is 5.97 Å². The van der Waals surface area contributed by atoms with Crippen molar-refractivity contribution in [2.45, 2.75) is 6.92 Å². The summed E-state index contributed by atoms with van der Waals surface area (Å²) in [5.74, 6) is 4.24. The van der Waals surface area contributed by atoms with E-state index in [1.165, 1.54) is 7.11 Å². The summed E-state index contributed by atoms with van der Waals surface area (Å²) in [6, 6.07) is 5.25. The normalized spacial score (nSPS) is 8.67. The molecule has 0 unspecified atom stereocenters. The lowest BCUT2D eigenvalue weighted by molar-refractivity contribution is -0.133. The second-order valence-electron chi connectivity index (χ2n) is 2.95. The molecule has 0 spiro atoms. The molecular formula is C12H10O3. The first-order valence-electron chi connectivity index (χ1n) is 4.33. The highest BCUT2D eigenvalue weighted by Crippen LogP contribution is 2.08. The Hall–Kier alpha value is -2.08. The summed E-state index contributed by atoms with van der Waals surface area (Å²) in [4.78, 5) is 21.5. The predicted octanol–water partition coefficient (Wildman–Crippen LogP) is 1.33. The first-order valence-corrected chi connectivity index (χ1v) is 4.33. The highest BCUT2D eigenvalue weighted by Gasteiger charge is 1.99. The van der Waals surface area contributed by atoms with E-state index in [0.717, 1.165) is 5.56 Å². The smallest absolute Gasteiger partial charge is 0.384 e. The van der Waals surface area contributed by atoms with Gasteiger partial charge < -0.3 is 4.74 Å². The van der Waals surface area contributed by atoms with Crippen LogP contribution in [-0.4, -0.2) is 19.4 Å². The highest BCUT2D eigenvalue weighted by molar-refractivity contribution is 5.90. The molecule has 1 rings (SSSR count). The summed E-state index contributed by atoms with van der Waals surface area (Å²) < 4.78 is 4.37. The summed E-state index contributed by atoms with van der Waals surface area (Å²) in [6.45, 7) is 1.88. The number of rotatable bonds is 1. The summed E-state index contributed by atoms with van der Waals surface area (Å²) in [7, 11) is 1.26. The molecule has 0 saturated carbocycles. The van der Waals surface area contributed by atoms with E-state index in [9.17, 15) is 9.59 Å². The van der Waals surface area contributed by atoms with Gasteiger partial charge in [0.05, 0.1) is 7.11 Å². The van der Waals surface area contributed by atoms with Crippen molar-refractivity contribution in [1.29, 1.82) is 0 Å². The van der Waals surface area contributed by atoms with Gasteiger partial charge in [-0.2, -0.15) is 0 Å². The zero-order valence-corrected chi connectivity index (χ0v) is 8.53. The summed E-state index contributed by atoms with van der Waals surface area (Å²) >= 11 is 0. The topological polar surface area (TPSA) is 43.4 Å². The SMILES string of the molecule is COC(=O)C#Cc1ccc(C)cc1C=O. The number of carbonyl (C=O) groups excluding carboxylic acids is 2. The summed E-state index contributed by atoms with van der Waals surface area (Å²) in [5, 5.41) is 0. The number of aryl methyl sites for hydroxylation is 1. The minimum Gasteiger partial charge on any atom is -0.459 e. The van der Waals surface area contributed by atoms with Gasteiger partial charge in [0.2, 0.25) is 0 Å². The van der Waals surface area contributed by atoms with E-state index in [1.807, 2.05) is 13.0 Å². The molecule has 0 bridgehead atoms. The molecule has 0 aliphatic carbocycles. The third kappa shape index (κ3) is 2.96. The number of hydrogen-bond acceptors (Lipinski definition) is 3. The average Bonchev–Trinajstić information content (AvgIpc) is 2.26. The Kier molecular flexibility index (Phi) is 3.64. The zero-order chi connectivity index (χ0) is 11.3. The molecule has 0 heterocycles. The van der Waals surface area contributed by atoms with Crippen LogP contribution in [0.15, 0.2) is 18.2 Å². The fraction of sp³-hybridized carbons (Fsp3) is 0.167. The third-order valence-corrected chi connectivity index (χ3v) is 1.82. The van der Waals surface area contributed by atoms with Gasteiger partial charge in [-0.1, -0.05) is 17.6 Å². The van der Waals surface area contributed by atoms with Gasteiger partial charge in [0.25, 0.3) is 0 Å². The predicted molar refractivity (Wildman–Crippen MR) is 55.5 cm³/mol. The third-order valence-electron chi connectivity index (χ3n) is 1.82. The van der Waals surface area contributed by atoms with Crippen LogP contribution in [0, 0.1) is 18.8 Å². The number of methoxy groups -OCH3 is 1. The molecule has 0 N–H and O–H groups in total. The van der Waals surface area contributed by atoms with Crippen molar-refractivity contribution in [3.8, 4) is 11.8 Å². The molecule has 0 fully saturated rings. The molecule has 15 heavy (non-hydrogen) atoms. The van der Waals surface area contributed by atoms with Crippen LogP contribution in [-0.2, 0) is 9.53 Å². The molecule has 0 amide bonds. The monoisotopic (exact) mass is 202 g/mol. The maximum atomic E-state index is 10.8. The molecule has 0 aliphatic rings. The Morgan fingerprint density at radius 3 is 2.80 bits per heavy atom. The zero-order valence-electron chi connectivity index (χ0n) is 8.53. The summed E-state index contributed by atoms with van der Waals surface area (Å²) in [5.41, 5.74) is 1.98. The van der Waals surface area contributed by atoms with Gasteiger partial charge in [-0.25, -0.2) is 4.79 Å². The molecule has 1 aromatic rings. The fourth-order valence-corrected chi connectivity index (χ4v) is 1.06. The maximum absolute atomic E-state index is 10.8. The number of ether oxygens (including phenoxy) is 1. The lowest BCUT2D eigenvalue weighted by Gasteiger charge is -1.97. The Bertz CT molecular complexity index is 450. The standard InChI is InChI=1S/C12H10O3/c1-9-3-4-10(11(7-9)8-13)5-6-12(14)15-2/h3-4,7-8H,1-2H3. The molecule has 0 aromatic heterocycles. The van der Waals surface area contributed by atoms with Crippen molar-refractivity contribution < 1.29 is 14.3 Å². The number of hydrogen-bond donors (Lipinski definition) is 0. The number of aldehydes is 1. The minimum absolute atomic E-state index is 0.478. The average molecular weight is 202 g/mol. The van der Waals surface area contributed by atoms with Crippen LogP contribution in [0.4, 0.5) is 0 Å². The highest BCUT2D eigenvalue weighted by atomic mass is 16.5. The molecule has 0 saturated heterocycles. The van der Waals surface area contributed by atoms with Crippen molar-refractivity contribution in [2.24, 2.45) is 0 Å². The Morgan fingerprint density at radius 2 is 2.20 bits per heavy atom. The van der Waals surface area contributed by atoms with E-state index in [4.69, 9.17) is 0 Å². The van der Waals surface area contributed by atoms with Crippen LogP contribution < -0.4 is 0 Å². The maximum Gasteiger partial charge on any atom is 0.384 e. The first-order chi connectivity index (χ1) is 7.17. The second kappa shape index (κ2) is 4.97. The van der Waals surface area contributed by atoms with Gasteiger partial charge in [-0.05, 0) is 19.1 Å². The fourth-order valence-electron chi connectivity index (χ4n) is 1.06. The van der Waals surface area contributed by atoms with Gasteiger partial charge in [-0.3, -0.25) is 4.79 Å². The van der Waals surface area contributed by atoms with E-state index in [2.05, 4.69) is 16.6 Å². The van der Waals surface area contributed by atoms with Crippen LogP contribution in [0.5, 0.6) is 0 Å². The Morgan fingerprint density at radius 1 is 1.47 bits per heavy atom. The molecule has 0 aliphatic heterocycles. The van der Waals surface area contributed by atoms with Gasteiger partial charge in [0.15, 0.2) is 6.29 Å². The Balaban J connectivity index is 3.08. The molecule has 0 atom stereocenters. The molecule has 3 nitrogen and oxygen atoms in total. The second-order valence-corrected chi connectivity index (χ2v) is 2.95. The molecule has 3 heteroatoms. The van der Waals surface area contributed by atoms with Gasteiger partial charge in [0.1, 0.15) is 0 Å². The van der Waals surface area contributed by atoms with Crippen LogP contribution in [0.1, 0.15) is 21.5 Å². The number of benzene rings is 1. The van der Waals surface area contributed by atoms with Crippen molar-refractivity contribution in [2.75, 3.05) is 7.11 Å². The van der Waals surface area contributed by atoms with E-state index in [0.29, 0.717) is 17.4 Å². The molecule has 76 valence electrons. The quantitative estimate of drug-likeness (QED) is 0.392. The van der Waals surface area contributed by atoms with Crippen molar-refractivity contribution >= 4 is 12.3 Å². The van der Waals surface area contributed by atoms with E-state index in [1.54, 1.807) is 12.1 Å². The van der Waals surface area contributed by atoms with Crippen LogP contribution in [0.25, 0.3) is 0 Å². The van der Waals surface area contributed by atoms with Crippen LogP contribution in [0.2, 0.25) is 0 Å². The van der Waals surface area contributed by atoms with Crippen molar-refractivity contribution in [1.82, 2.24) is 0 Å². The Labute approximate surface area is 88.1 Å². The lowest BCUT2D eigenvalue weighted by Crippen LogP contribution is -1.95. The van der Waals surface area contributed by atoms with Crippen molar-refractivity contribution in [3.05, 3.63) is 34.9 Å². The lowest BCUT2D eigenvalue weighted by atomic mass is 10.1. The van der Waals surface area contributed by atoms with Crippen LogP contribution >= 0.6 is 0 Å². The summed E-state index contributed by atoms with van der Waals surface area (Å²) in [6.07, 6.45) is 0.717. The number of carbonyl (C=O) groups is 2. The molecular weight excluding hydrogens is 192 g/mol. The molecule has 1 aromatic carbocycles. The minimum atomic E-state index is -0.618. The van der Waals surface area contributed by atoms with E-state index >= 15 is 0 Å². The van der Waals surface area contributed by atoms with Gasteiger partial charge in [0, 0.05) is 17.0 Å². The largest absolute Gasteiger partial charge is 0.459 e. The first kappa shape index (κ1) is 11.0.